The first-order chi connectivity index (χ1) is 10.9. The number of pyridine rings is 2. The van der Waals surface area contributed by atoms with E-state index < -0.39 is 0 Å². The van der Waals surface area contributed by atoms with Gasteiger partial charge in [-0.3, -0.25) is 20.8 Å². The summed E-state index contributed by atoms with van der Waals surface area (Å²) in [5, 5.41) is 0. The van der Waals surface area contributed by atoms with Crippen LogP contribution in [0, 0.1) is 0 Å². The van der Waals surface area contributed by atoms with Crippen molar-refractivity contribution in [1.29, 1.82) is 0 Å². The molecule has 4 heterocycles. The topological polar surface area (TPSA) is 73.9 Å². The van der Waals surface area contributed by atoms with E-state index in [1.54, 1.807) is 0 Å². The second-order valence-electron chi connectivity index (χ2n) is 5.94. The molecule has 2 aromatic heterocycles. The van der Waals surface area contributed by atoms with Crippen molar-refractivity contribution in [1.82, 2.24) is 31.7 Å². The Bertz CT molecular complexity index is 549. The van der Waals surface area contributed by atoms with Crippen LogP contribution in [0.4, 0.5) is 0 Å². The van der Waals surface area contributed by atoms with E-state index in [4.69, 9.17) is 0 Å². The van der Waals surface area contributed by atoms with Crippen molar-refractivity contribution >= 4 is 0 Å². The van der Waals surface area contributed by atoms with Crippen LogP contribution < -0.4 is 21.7 Å². The number of aromatic nitrogens is 2. The highest BCUT2D eigenvalue weighted by molar-refractivity contribution is 5.18. The average molecular weight is 296 g/mol. The van der Waals surface area contributed by atoms with Gasteiger partial charge in [0.15, 0.2) is 0 Å². The molecule has 4 N–H and O–H groups in total. The van der Waals surface area contributed by atoms with Crippen molar-refractivity contribution in [3.8, 4) is 0 Å². The molecular weight excluding hydrogens is 276 g/mol. The van der Waals surface area contributed by atoms with Crippen LogP contribution in [0.3, 0.4) is 0 Å². The second-order valence-corrected chi connectivity index (χ2v) is 5.94. The molecule has 22 heavy (non-hydrogen) atoms. The van der Waals surface area contributed by atoms with Crippen molar-refractivity contribution in [2.24, 2.45) is 0 Å². The lowest BCUT2D eigenvalue weighted by Crippen LogP contribution is -2.45. The van der Waals surface area contributed by atoms with Crippen LogP contribution in [0.2, 0.25) is 0 Å². The lowest BCUT2D eigenvalue weighted by molar-refractivity contribution is 0.414. The van der Waals surface area contributed by atoms with Crippen molar-refractivity contribution in [3.63, 3.8) is 0 Å². The first-order valence-electron chi connectivity index (χ1n) is 7.72. The summed E-state index contributed by atoms with van der Waals surface area (Å²) < 4.78 is 0. The average Bonchev–Trinajstić information content (AvgIpc) is 3.26. The molecule has 0 spiro atoms. The van der Waals surface area contributed by atoms with Gasteiger partial charge in [0.25, 0.3) is 0 Å². The van der Waals surface area contributed by atoms with Gasteiger partial charge >= 0.3 is 0 Å². The molecule has 114 valence electrons. The van der Waals surface area contributed by atoms with E-state index in [2.05, 4.69) is 43.8 Å². The monoisotopic (exact) mass is 296 g/mol. The molecule has 6 heteroatoms. The van der Waals surface area contributed by atoms with Crippen LogP contribution in [0.5, 0.6) is 0 Å². The molecule has 4 atom stereocenters. The van der Waals surface area contributed by atoms with E-state index in [0.717, 1.165) is 12.8 Å². The summed E-state index contributed by atoms with van der Waals surface area (Å²) in [5.74, 6) is 0. The molecule has 2 fully saturated rings. The molecule has 4 unspecified atom stereocenters. The highest BCUT2D eigenvalue weighted by Gasteiger charge is 2.36. The molecule has 0 amide bonds. The van der Waals surface area contributed by atoms with Gasteiger partial charge < -0.3 is 0 Å². The lowest BCUT2D eigenvalue weighted by atomic mass is 9.95. The van der Waals surface area contributed by atoms with E-state index in [9.17, 15) is 0 Å². The Balaban J connectivity index is 1.38. The quantitative estimate of drug-likeness (QED) is 0.677. The summed E-state index contributed by atoms with van der Waals surface area (Å²) in [6, 6.07) is 9.62. The van der Waals surface area contributed by atoms with Gasteiger partial charge in [0.05, 0.1) is 0 Å². The van der Waals surface area contributed by atoms with Gasteiger partial charge in [0.2, 0.25) is 0 Å². The first-order valence-corrected chi connectivity index (χ1v) is 7.72. The van der Waals surface area contributed by atoms with Gasteiger partial charge in [-0.2, -0.15) is 0 Å². The van der Waals surface area contributed by atoms with Crippen LogP contribution in [0.1, 0.15) is 36.1 Å². The van der Waals surface area contributed by atoms with Crippen LogP contribution in [0.25, 0.3) is 0 Å². The third kappa shape index (κ3) is 2.74. The number of hydrazine groups is 2. The van der Waals surface area contributed by atoms with E-state index in [1.807, 2.05) is 36.9 Å². The summed E-state index contributed by atoms with van der Waals surface area (Å²) in [6.45, 7) is 0. The Labute approximate surface area is 129 Å². The minimum Gasteiger partial charge on any atom is -0.264 e. The predicted molar refractivity (Wildman–Crippen MR) is 83.3 cm³/mol. The van der Waals surface area contributed by atoms with Crippen LogP contribution in [-0.2, 0) is 0 Å². The fraction of sp³-hybridized carbons (Fsp3) is 0.375. The Morgan fingerprint density at radius 3 is 1.64 bits per heavy atom. The lowest BCUT2D eigenvalue weighted by Gasteiger charge is -2.17. The highest BCUT2D eigenvalue weighted by Crippen LogP contribution is 2.28. The fourth-order valence-electron chi connectivity index (χ4n) is 3.29. The minimum atomic E-state index is 0.318. The maximum absolute atomic E-state index is 4.20. The van der Waals surface area contributed by atoms with Crippen LogP contribution in [-0.4, -0.2) is 22.1 Å². The Kier molecular flexibility index (Phi) is 3.82. The Morgan fingerprint density at radius 1 is 0.727 bits per heavy atom. The third-order valence-corrected chi connectivity index (χ3v) is 4.52. The zero-order chi connectivity index (χ0) is 14.8. The third-order valence-electron chi connectivity index (χ3n) is 4.52. The number of hydrogen-bond acceptors (Lipinski definition) is 6. The zero-order valence-corrected chi connectivity index (χ0v) is 12.2. The predicted octanol–water partition coefficient (Wildman–Crippen LogP) is 0.992. The number of nitrogens with zero attached hydrogens (tertiary/aromatic N) is 2. The molecule has 0 aromatic carbocycles. The molecule has 4 rings (SSSR count). The summed E-state index contributed by atoms with van der Waals surface area (Å²) in [6.07, 6.45) is 9.57. The summed E-state index contributed by atoms with van der Waals surface area (Å²) in [7, 11) is 0. The summed E-state index contributed by atoms with van der Waals surface area (Å²) in [5.41, 5.74) is 16.1. The number of nitrogens with one attached hydrogen (secondary N) is 4. The van der Waals surface area contributed by atoms with Gasteiger partial charge in [0, 0.05) is 49.0 Å². The van der Waals surface area contributed by atoms with Crippen molar-refractivity contribution in [3.05, 3.63) is 60.2 Å². The molecule has 0 aliphatic carbocycles. The van der Waals surface area contributed by atoms with Gasteiger partial charge in [0.1, 0.15) is 0 Å². The fourth-order valence-corrected chi connectivity index (χ4v) is 3.29. The van der Waals surface area contributed by atoms with E-state index >= 15 is 0 Å². The standard InChI is InChI=1S/C16H20N6/c1-3-11(9-17-5-1)13-7-15(21-19-13)16-8-14(20-22-16)12-4-2-6-18-10-12/h1-6,9-10,13-16,19-22H,7-8H2. The molecule has 2 saturated heterocycles. The summed E-state index contributed by atoms with van der Waals surface area (Å²) >= 11 is 0. The molecule has 2 aliphatic heterocycles. The summed E-state index contributed by atoms with van der Waals surface area (Å²) in [4.78, 5) is 8.40. The molecule has 2 aromatic rings. The normalized spacial score (nSPS) is 31.5. The van der Waals surface area contributed by atoms with Crippen LogP contribution in [0.15, 0.2) is 49.1 Å². The molecule has 0 radical (unpaired) electrons. The maximum Gasteiger partial charge on any atom is 0.0493 e. The van der Waals surface area contributed by atoms with Gasteiger partial charge in [-0.1, -0.05) is 12.1 Å². The number of hydrogen-bond donors (Lipinski definition) is 4. The van der Waals surface area contributed by atoms with Gasteiger partial charge in [-0.05, 0) is 36.1 Å². The van der Waals surface area contributed by atoms with E-state index in [-0.39, 0.29) is 0 Å². The van der Waals surface area contributed by atoms with Crippen molar-refractivity contribution < 1.29 is 0 Å². The van der Waals surface area contributed by atoms with Gasteiger partial charge in [-0.25, -0.2) is 10.9 Å². The smallest absolute Gasteiger partial charge is 0.0493 e. The maximum atomic E-state index is 4.20. The molecule has 0 bridgehead atoms. The highest BCUT2D eigenvalue weighted by atomic mass is 15.5. The minimum absolute atomic E-state index is 0.318. The number of rotatable bonds is 3. The van der Waals surface area contributed by atoms with E-state index in [1.165, 1.54) is 11.1 Å². The second kappa shape index (κ2) is 6.10. The van der Waals surface area contributed by atoms with Crippen molar-refractivity contribution in [2.45, 2.75) is 37.0 Å². The first kappa shape index (κ1) is 13.8. The molecular formula is C16H20N6. The van der Waals surface area contributed by atoms with E-state index in [0.29, 0.717) is 24.2 Å². The molecule has 6 nitrogen and oxygen atoms in total. The Morgan fingerprint density at radius 2 is 1.23 bits per heavy atom. The zero-order valence-electron chi connectivity index (χ0n) is 12.2. The molecule has 0 saturated carbocycles. The van der Waals surface area contributed by atoms with Crippen molar-refractivity contribution in [2.75, 3.05) is 0 Å². The Hall–Kier alpha value is -1.86. The van der Waals surface area contributed by atoms with Crippen LogP contribution >= 0.6 is 0 Å². The van der Waals surface area contributed by atoms with Gasteiger partial charge in [-0.15, -0.1) is 0 Å². The SMILES string of the molecule is c1cncc(C2CC(C3CC(c4cccnc4)NN3)NN2)c1. The largest absolute Gasteiger partial charge is 0.264 e. The molecule has 2 aliphatic rings.